The maximum Gasteiger partial charge on any atom is 0.0817 e. The smallest absolute Gasteiger partial charge is 0.0817 e. The van der Waals surface area contributed by atoms with Crippen molar-refractivity contribution in [1.29, 1.82) is 0 Å². The van der Waals surface area contributed by atoms with Crippen molar-refractivity contribution < 1.29 is 0 Å². The molecular formula is C10H12BrN3S. The fourth-order valence-corrected chi connectivity index (χ4v) is 3.06. The molecule has 0 saturated carbocycles. The highest BCUT2D eigenvalue weighted by Gasteiger charge is 2.15. The van der Waals surface area contributed by atoms with Gasteiger partial charge < -0.3 is 5.73 Å². The lowest BCUT2D eigenvalue weighted by molar-refractivity contribution is 0.678. The predicted molar refractivity (Wildman–Crippen MR) is 66.0 cm³/mol. The standard InChI is InChI=1S/C10H12BrN3S/c1-6-5-8(15-10(6)11)9(12)7-3-4-13-14(7)2/h3-5,9H,12H2,1-2H3. The summed E-state index contributed by atoms with van der Waals surface area (Å²) in [6.07, 6.45) is 1.77. The Morgan fingerprint density at radius 1 is 1.60 bits per heavy atom. The normalized spacial score (nSPS) is 13.1. The lowest BCUT2D eigenvalue weighted by Gasteiger charge is -2.09. The van der Waals surface area contributed by atoms with Crippen LogP contribution < -0.4 is 5.73 Å². The molecular weight excluding hydrogens is 274 g/mol. The van der Waals surface area contributed by atoms with Gasteiger partial charge in [0.25, 0.3) is 0 Å². The van der Waals surface area contributed by atoms with Crippen molar-refractivity contribution in [3.8, 4) is 0 Å². The van der Waals surface area contributed by atoms with Gasteiger partial charge in [0.15, 0.2) is 0 Å². The van der Waals surface area contributed by atoms with Crippen molar-refractivity contribution in [1.82, 2.24) is 9.78 Å². The highest BCUT2D eigenvalue weighted by Crippen LogP contribution is 2.32. The molecule has 15 heavy (non-hydrogen) atoms. The van der Waals surface area contributed by atoms with Crippen molar-refractivity contribution in [2.75, 3.05) is 0 Å². The number of aryl methyl sites for hydroxylation is 2. The first kappa shape index (κ1) is 10.9. The van der Waals surface area contributed by atoms with Crippen LogP contribution in [0.15, 0.2) is 22.1 Å². The van der Waals surface area contributed by atoms with Crippen LogP contribution >= 0.6 is 27.3 Å². The molecule has 2 heterocycles. The molecule has 0 aliphatic heterocycles. The van der Waals surface area contributed by atoms with E-state index < -0.39 is 0 Å². The molecule has 5 heteroatoms. The summed E-state index contributed by atoms with van der Waals surface area (Å²) in [5, 5.41) is 4.12. The summed E-state index contributed by atoms with van der Waals surface area (Å²) in [5.74, 6) is 0. The van der Waals surface area contributed by atoms with E-state index in [-0.39, 0.29) is 6.04 Å². The number of aromatic nitrogens is 2. The Morgan fingerprint density at radius 2 is 2.33 bits per heavy atom. The van der Waals surface area contributed by atoms with Gasteiger partial charge in [0.05, 0.1) is 15.5 Å². The second-order valence-corrected chi connectivity index (χ2v) is 5.86. The first-order valence-corrected chi connectivity index (χ1v) is 6.20. The molecule has 0 amide bonds. The number of hydrogen-bond acceptors (Lipinski definition) is 3. The zero-order valence-electron chi connectivity index (χ0n) is 8.57. The Morgan fingerprint density at radius 3 is 2.80 bits per heavy atom. The van der Waals surface area contributed by atoms with Crippen LogP contribution in [-0.2, 0) is 7.05 Å². The van der Waals surface area contributed by atoms with Crippen molar-refractivity contribution in [2.45, 2.75) is 13.0 Å². The molecule has 0 fully saturated rings. The molecule has 2 aromatic rings. The minimum Gasteiger partial charge on any atom is -0.318 e. The van der Waals surface area contributed by atoms with Gasteiger partial charge in [-0.2, -0.15) is 5.10 Å². The van der Waals surface area contributed by atoms with E-state index in [2.05, 4.69) is 34.0 Å². The molecule has 1 unspecified atom stereocenters. The van der Waals surface area contributed by atoms with Gasteiger partial charge >= 0.3 is 0 Å². The van der Waals surface area contributed by atoms with Crippen LogP contribution in [0.2, 0.25) is 0 Å². The molecule has 2 N–H and O–H groups in total. The molecule has 1 atom stereocenters. The maximum absolute atomic E-state index is 6.17. The predicted octanol–water partition coefficient (Wildman–Crippen LogP) is 2.60. The summed E-state index contributed by atoms with van der Waals surface area (Å²) in [6, 6.07) is 3.98. The number of halogens is 1. The molecule has 2 rings (SSSR count). The second-order valence-electron chi connectivity index (χ2n) is 3.46. The molecule has 0 saturated heterocycles. The average molecular weight is 286 g/mol. The zero-order chi connectivity index (χ0) is 11.0. The Kier molecular flexibility index (Phi) is 2.95. The van der Waals surface area contributed by atoms with E-state index >= 15 is 0 Å². The fourth-order valence-electron chi connectivity index (χ4n) is 1.47. The third-order valence-electron chi connectivity index (χ3n) is 2.36. The lowest BCUT2D eigenvalue weighted by Crippen LogP contribution is -2.14. The Bertz CT molecular complexity index is 455. The summed E-state index contributed by atoms with van der Waals surface area (Å²) < 4.78 is 2.96. The molecule has 0 spiro atoms. The molecule has 2 aromatic heterocycles. The lowest BCUT2D eigenvalue weighted by atomic mass is 10.1. The minimum absolute atomic E-state index is 0.0903. The van der Waals surface area contributed by atoms with E-state index in [4.69, 9.17) is 5.73 Å². The van der Waals surface area contributed by atoms with Crippen molar-refractivity contribution in [2.24, 2.45) is 12.8 Å². The van der Waals surface area contributed by atoms with Gasteiger partial charge in [-0.15, -0.1) is 11.3 Å². The average Bonchev–Trinajstić information content (AvgIpc) is 2.74. The second kappa shape index (κ2) is 4.08. The van der Waals surface area contributed by atoms with Crippen LogP contribution in [0, 0.1) is 6.92 Å². The first-order valence-electron chi connectivity index (χ1n) is 4.59. The van der Waals surface area contributed by atoms with Crippen LogP contribution in [0.4, 0.5) is 0 Å². The van der Waals surface area contributed by atoms with E-state index in [0.717, 1.165) is 14.4 Å². The molecule has 0 aromatic carbocycles. The molecule has 0 aliphatic rings. The van der Waals surface area contributed by atoms with Gasteiger partial charge in [0, 0.05) is 18.1 Å². The van der Waals surface area contributed by atoms with E-state index in [0.29, 0.717) is 0 Å². The van der Waals surface area contributed by atoms with Crippen molar-refractivity contribution in [3.63, 3.8) is 0 Å². The van der Waals surface area contributed by atoms with Crippen LogP contribution in [0.3, 0.4) is 0 Å². The molecule has 0 aliphatic carbocycles. The van der Waals surface area contributed by atoms with E-state index in [1.54, 1.807) is 17.5 Å². The van der Waals surface area contributed by atoms with Gasteiger partial charge in [0.1, 0.15) is 0 Å². The van der Waals surface area contributed by atoms with Crippen LogP contribution in [-0.4, -0.2) is 9.78 Å². The molecule has 80 valence electrons. The van der Waals surface area contributed by atoms with Crippen molar-refractivity contribution in [3.05, 3.63) is 38.3 Å². The largest absolute Gasteiger partial charge is 0.318 e. The third kappa shape index (κ3) is 2.00. The molecule has 0 bridgehead atoms. The van der Waals surface area contributed by atoms with E-state index in [1.807, 2.05) is 17.8 Å². The van der Waals surface area contributed by atoms with E-state index in [9.17, 15) is 0 Å². The number of thiophene rings is 1. The van der Waals surface area contributed by atoms with Gasteiger partial charge in [0.2, 0.25) is 0 Å². The fraction of sp³-hybridized carbons (Fsp3) is 0.300. The Hall–Kier alpha value is -0.650. The van der Waals surface area contributed by atoms with Gasteiger partial charge in [-0.3, -0.25) is 4.68 Å². The topological polar surface area (TPSA) is 43.8 Å². The summed E-state index contributed by atoms with van der Waals surface area (Å²) in [5.41, 5.74) is 8.43. The minimum atomic E-state index is -0.0903. The summed E-state index contributed by atoms with van der Waals surface area (Å²) in [7, 11) is 1.91. The Labute approximate surface area is 101 Å². The molecule has 0 radical (unpaired) electrons. The highest BCUT2D eigenvalue weighted by atomic mass is 79.9. The first-order chi connectivity index (χ1) is 7.09. The van der Waals surface area contributed by atoms with Gasteiger partial charge in [-0.05, 0) is 40.5 Å². The van der Waals surface area contributed by atoms with Gasteiger partial charge in [-0.25, -0.2) is 0 Å². The number of nitrogens with two attached hydrogens (primary N) is 1. The molecule has 3 nitrogen and oxygen atoms in total. The number of hydrogen-bond donors (Lipinski definition) is 1. The quantitative estimate of drug-likeness (QED) is 0.922. The summed E-state index contributed by atoms with van der Waals surface area (Å²) in [6.45, 7) is 2.07. The van der Waals surface area contributed by atoms with Crippen molar-refractivity contribution >= 4 is 27.3 Å². The SMILES string of the molecule is Cc1cc(C(N)c2ccnn2C)sc1Br. The Balaban J connectivity index is 2.36. The van der Waals surface area contributed by atoms with E-state index in [1.165, 1.54) is 5.56 Å². The number of nitrogens with zero attached hydrogens (tertiary/aromatic N) is 2. The van der Waals surface area contributed by atoms with Crippen LogP contribution in [0.1, 0.15) is 22.2 Å². The van der Waals surface area contributed by atoms with Gasteiger partial charge in [-0.1, -0.05) is 0 Å². The van der Waals surface area contributed by atoms with Crippen LogP contribution in [0.5, 0.6) is 0 Å². The summed E-state index contributed by atoms with van der Waals surface area (Å²) in [4.78, 5) is 1.16. The maximum atomic E-state index is 6.17. The number of rotatable bonds is 2. The highest BCUT2D eigenvalue weighted by molar-refractivity contribution is 9.11. The summed E-state index contributed by atoms with van der Waals surface area (Å²) >= 11 is 5.19. The third-order valence-corrected chi connectivity index (χ3v) is 4.58. The van der Waals surface area contributed by atoms with Crippen LogP contribution in [0.25, 0.3) is 0 Å². The monoisotopic (exact) mass is 285 g/mol. The zero-order valence-corrected chi connectivity index (χ0v) is 11.0.